The van der Waals surface area contributed by atoms with Gasteiger partial charge in [-0.25, -0.2) is 9.36 Å². The lowest BCUT2D eigenvalue weighted by Gasteiger charge is -2.16. The van der Waals surface area contributed by atoms with Crippen LogP contribution in [0.2, 0.25) is 0 Å². The number of ether oxygens (including phenoxy) is 1. The molecule has 0 aliphatic rings. The number of esters is 1. The summed E-state index contributed by atoms with van der Waals surface area (Å²) in [7, 11) is -4.68. The van der Waals surface area contributed by atoms with Crippen molar-refractivity contribution in [2.75, 3.05) is 6.61 Å². The van der Waals surface area contributed by atoms with Gasteiger partial charge in [0.1, 0.15) is 6.10 Å². The van der Waals surface area contributed by atoms with Crippen molar-refractivity contribution >= 4 is 25.4 Å². The molecular weight excluding hydrogens is 262 g/mol. The second-order valence-corrected chi connectivity index (χ2v) is 4.31. The van der Waals surface area contributed by atoms with E-state index in [4.69, 9.17) is 21.4 Å². The lowest BCUT2D eigenvalue weighted by Crippen LogP contribution is -2.29. The van der Waals surface area contributed by atoms with E-state index in [1.54, 1.807) is 6.92 Å². The van der Waals surface area contributed by atoms with Gasteiger partial charge in [-0.1, -0.05) is 17.7 Å². The minimum atomic E-state index is -4.68. The van der Waals surface area contributed by atoms with Crippen LogP contribution in [0.3, 0.4) is 0 Å². The zero-order valence-electron chi connectivity index (χ0n) is 8.32. The first-order valence-corrected chi connectivity index (χ1v) is 6.08. The number of halogens is 1. The number of hydrogen-bond acceptors (Lipinski definition) is 5. The lowest BCUT2D eigenvalue weighted by atomic mass is 10.4. The van der Waals surface area contributed by atoms with Crippen molar-refractivity contribution in [3.8, 4) is 0 Å². The summed E-state index contributed by atoms with van der Waals surface area (Å²) in [6.45, 7) is 0.833. The van der Waals surface area contributed by atoms with Crippen LogP contribution >= 0.6 is 19.4 Å². The standard InChI is InChI=1S/C7H12ClO7P/c1-2-3-6(10)15-7(8)5(9)4-14-16(11,12)13/h2-3,5,7,9H,4H2,1H3,(H2,11,12,13). The summed E-state index contributed by atoms with van der Waals surface area (Å²) in [5.41, 5.74) is -1.45. The fourth-order valence-electron chi connectivity index (χ4n) is 0.614. The van der Waals surface area contributed by atoms with Crippen molar-refractivity contribution in [3.05, 3.63) is 12.2 Å². The van der Waals surface area contributed by atoms with Crippen LogP contribution in [0.5, 0.6) is 0 Å². The summed E-state index contributed by atoms with van der Waals surface area (Å²) in [6.07, 6.45) is 0.944. The third kappa shape index (κ3) is 7.81. The van der Waals surface area contributed by atoms with Crippen molar-refractivity contribution in [3.63, 3.8) is 0 Å². The Labute approximate surface area is 96.9 Å². The molecule has 0 saturated heterocycles. The topological polar surface area (TPSA) is 113 Å². The maximum atomic E-state index is 10.9. The van der Waals surface area contributed by atoms with Crippen molar-refractivity contribution in [1.29, 1.82) is 0 Å². The fraction of sp³-hybridized carbons (Fsp3) is 0.571. The van der Waals surface area contributed by atoms with Gasteiger partial charge in [0.15, 0.2) is 0 Å². The molecule has 0 aromatic carbocycles. The molecule has 9 heteroatoms. The second-order valence-electron chi connectivity index (χ2n) is 2.64. The third-order valence-electron chi connectivity index (χ3n) is 1.25. The van der Waals surface area contributed by atoms with E-state index in [1.165, 1.54) is 6.08 Å². The summed E-state index contributed by atoms with van der Waals surface area (Å²) in [6, 6.07) is 0. The number of alkyl halides is 1. The minimum absolute atomic E-state index is 0.748. The summed E-state index contributed by atoms with van der Waals surface area (Å²) in [5.74, 6) is -0.780. The molecule has 7 nitrogen and oxygen atoms in total. The highest BCUT2D eigenvalue weighted by Crippen LogP contribution is 2.35. The molecule has 3 N–H and O–H groups in total. The van der Waals surface area contributed by atoms with E-state index in [0.29, 0.717) is 0 Å². The van der Waals surface area contributed by atoms with Crippen molar-refractivity contribution in [2.45, 2.75) is 18.6 Å². The zero-order chi connectivity index (χ0) is 12.8. The van der Waals surface area contributed by atoms with Gasteiger partial charge in [-0.15, -0.1) is 0 Å². The summed E-state index contributed by atoms with van der Waals surface area (Å²) < 4.78 is 18.7. The Bertz CT molecular complexity index is 299. The van der Waals surface area contributed by atoms with Crippen LogP contribution in [0.25, 0.3) is 0 Å². The minimum Gasteiger partial charge on any atom is -0.440 e. The number of allylic oxidation sites excluding steroid dienone is 1. The van der Waals surface area contributed by atoms with E-state index in [0.717, 1.165) is 6.08 Å². The van der Waals surface area contributed by atoms with E-state index in [9.17, 15) is 14.5 Å². The number of carbonyl (C=O) groups is 1. The van der Waals surface area contributed by atoms with E-state index in [2.05, 4.69) is 9.26 Å². The van der Waals surface area contributed by atoms with Gasteiger partial charge >= 0.3 is 13.8 Å². The summed E-state index contributed by atoms with van der Waals surface area (Å²) in [5, 5.41) is 9.20. The van der Waals surface area contributed by atoms with Gasteiger partial charge in [0.25, 0.3) is 0 Å². The molecule has 0 aromatic rings. The maximum absolute atomic E-state index is 10.9. The quantitative estimate of drug-likeness (QED) is 0.273. The molecule has 0 amide bonds. The van der Waals surface area contributed by atoms with Crippen LogP contribution in [-0.4, -0.2) is 39.1 Å². The fourth-order valence-corrected chi connectivity index (χ4v) is 1.12. The average molecular weight is 275 g/mol. The molecule has 0 rings (SSSR count). The van der Waals surface area contributed by atoms with Crippen LogP contribution < -0.4 is 0 Å². The SMILES string of the molecule is CC=CC(=O)OC(Cl)C(O)COP(=O)(O)O. The molecule has 0 heterocycles. The molecule has 16 heavy (non-hydrogen) atoms. The number of phosphoric ester groups is 1. The first-order chi connectivity index (χ1) is 7.26. The Kier molecular flexibility index (Phi) is 6.82. The van der Waals surface area contributed by atoms with Crippen LogP contribution in [-0.2, 0) is 18.6 Å². The van der Waals surface area contributed by atoms with E-state index in [-0.39, 0.29) is 0 Å². The Morgan fingerprint density at radius 1 is 1.56 bits per heavy atom. The molecule has 0 radical (unpaired) electrons. The van der Waals surface area contributed by atoms with Gasteiger partial charge in [0, 0.05) is 6.08 Å². The first kappa shape index (κ1) is 15.6. The van der Waals surface area contributed by atoms with Crippen LogP contribution in [0.15, 0.2) is 12.2 Å². The van der Waals surface area contributed by atoms with E-state index >= 15 is 0 Å². The van der Waals surface area contributed by atoms with Gasteiger partial charge in [0.2, 0.25) is 5.56 Å². The van der Waals surface area contributed by atoms with Gasteiger partial charge in [-0.05, 0) is 6.92 Å². The molecule has 0 aliphatic carbocycles. The molecule has 0 fully saturated rings. The van der Waals surface area contributed by atoms with Crippen LogP contribution in [0.1, 0.15) is 6.92 Å². The molecule has 0 aromatic heterocycles. The molecule has 2 atom stereocenters. The number of aliphatic hydroxyl groups is 1. The molecule has 0 saturated carbocycles. The lowest BCUT2D eigenvalue weighted by molar-refractivity contribution is -0.144. The molecule has 0 bridgehead atoms. The predicted molar refractivity (Wildman–Crippen MR) is 54.5 cm³/mol. The molecule has 0 spiro atoms. The smallest absolute Gasteiger partial charge is 0.440 e. The van der Waals surface area contributed by atoms with Gasteiger partial charge in [-0.3, -0.25) is 4.52 Å². The Balaban J connectivity index is 4.04. The van der Waals surface area contributed by atoms with Crippen molar-refractivity contribution in [1.82, 2.24) is 0 Å². The zero-order valence-corrected chi connectivity index (χ0v) is 9.97. The Morgan fingerprint density at radius 3 is 2.56 bits per heavy atom. The third-order valence-corrected chi connectivity index (χ3v) is 2.11. The molecular formula is C7H12ClO7P. The van der Waals surface area contributed by atoms with Crippen LogP contribution in [0, 0.1) is 0 Å². The monoisotopic (exact) mass is 274 g/mol. The van der Waals surface area contributed by atoms with Gasteiger partial charge in [0.05, 0.1) is 6.61 Å². The normalized spacial score (nSPS) is 16.1. The number of aliphatic hydroxyl groups excluding tert-OH is 1. The molecule has 94 valence electrons. The maximum Gasteiger partial charge on any atom is 0.469 e. The number of hydrogen-bond donors (Lipinski definition) is 3. The molecule has 0 aliphatic heterocycles. The number of carbonyl (C=O) groups excluding carboxylic acids is 1. The highest BCUT2D eigenvalue weighted by Gasteiger charge is 2.24. The molecule has 2 unspecified atom stereocenters. The van der Waals surface area contributed by atoms with Crippen molar-refractivity contribution < 1.29 is 33.5 Å². The summed E-state index contributed by atoms with van der Waals surface area (Å²) in [4.78, 5) is 27.5. The van der Waals surface area contributed by atoms with Crippen molar-refractivity contribution in [2.24, 2.45) is 0 Å². The van der Waals surface area contributed by atoms with Gasteiger partial charge in [-0.2, -0.15) is 0 Å². The van der Waals surface area contributed by atoms with E-state index in [1.807, 2.05) is 0 Å². The first-order valence-electron chi connectivity index (χ1n) is 4.12. The predicted octanol–water partition coefficient (Wildman–Crippen LogP) is 0.141. The Morgan fingerprint density at radius 2 is 2.12 bits per heavy atom. The van der Waals surface area contributed by atoms with Gasteiger partial charge < -0.3 is 19.6 Å². The number of rotatable bonds is 6. The largest absolute Gasteiger partial charge is 0.469 e. The highest BCUT2D eigenvalue weighted by molar-refractivity contribution is 7.46. The number of phosphoric acid groups is 1. The van der Waals surface area contributed by atoms with E-state index < -0.39 is 32.1 Å². The highest BCUT2D eigenvalue weighted by atomic mass is 35.5. The Hall–Kier alpha value is -0.430. The summed E-state index contributed by atoms with van der Waals surface area (Å²) >= 11 is 5.43. The second kappa shape index (κ2) is 7.01. The van der Waals surface area contributed by atoms with Crippen LogP contribution in [0.4, 0.5) is 0 Å². The average Bonchev–Trinajstić information content (AvgIpc) is 2.13.